The number of piperidine rings is 1. The fraction of sp³-hybridized carbons (Fsp3) is 0.625. The van der Waals surface area contributed by atoms with Crippen LogP contribution >= 0.6 is 11.3 Å². The predicted octanol–water partition coefficient (Wildman–Crippen LogP) is 1.02. The van der Waals surface area contributed by atoms with Gasteiger partial charge < -0.3 is 16.0 Å². The van der Waals surface area contributed by atoms with Gasteiger partial charge in [0.05, 0.1) is 18.2 Å². The number of nitrogens with two attached hydrogens (primary N) is 1. The van der Waals surface area contributed by atoms with E-state index in [1.54, 1.807) is 11.4 Å². The smallest absolute Gasteiger partial charge is 0.280 e. The van der Waals surface area contributed by atoms with Crippen LogP contribution in [-0.2, 0) is 4.79 Å². The topological polar surface area (TPSA) is 76.6 Å². The van der Waals surface area contributed by atoms with E-state index in [-0.39, 0.29) is 5.91 Å². The van der Waals surface area contributed by atoms with Crippen LogP contribution in [-0.4, -0.2) is 30.9 Å². The Hall–Kier alpha value is -1.40. The van der Waals surface area contributed by atoms with Crippen molar-refractivity contribution in [3.05, 3.63) is 17.0 Å². The first-order valence-corrected chi connectivity index (χ1v) is 9.05. The maximum Gasteiger partial charge on any atom is 0.280 e. The average Bonchev–Trinajstić information content (AvgIpc) is 2.96. The van der Waals surface area contributed by atoms with E-state index in [4.69, 9.17) is 5.73 Å². The molecule has 2 aliphatic rings. The summed E-state index contributed by atoms with van der Waals surface area (Å²) in [5.74, 6) is 0.300. The zero-order valence-corrected chi connectivity index (χ0v) is 13.6. The van der Waals surface area contributed by atoms with Crippen LogP contribution in [0.3, 0.4) is 0 Å². The molecule has 120 valence electrons. The molecule has 1 aliphatic carbocycles. The van der Waals surface area contributed by atoms with E-state index in [2.05, 4.69) is 5.32 Å². The van der Waals surface area contributed by atoms with Gasteiger partial charge in [0.1, 0.15) is 5.00 Å². The molecule has 4 N–H and O–H groups in total. The molecule has 0 spiro atoms. The molecule has 3 rings (SSSR count). The van der Waals surface area contributed by atoms with Crippen LogP contribution in [0.5, 0.6) is 0 Å². The number of hydrogen-bond donors (Lipinski definition) is 3. The van der Waals surface area contributed by atoms with Gasteiger partial charge in [-0.05, 0) is 43.6 Å². The highest BCUT2D eigenvalue weighted by Gasteiger charge is 2.37. The fourth-order valence-electron chi connectivity index (χ4n) is 4.06. The van der Waals surface area contributed by atoms with E-state index in [1.807, 2.05) is 0 Å². The lowest BCUT2D eigenvalue weighted by atomic mass is 9.78. The highest BCUT2D eigenvalue weighted by Crippen LogP contribution is 2.28. The Bertz CT molecular complexity index is 555. The lowest BCUT2D eigenvalue weighted by molar-refractivity contribution is -0.928. The van der Waals surface area contributed by atoms with Crippen LogP contribution in [0.2, 0.25) is 0 Å². The number of quaternary nitrogens is 1. The third-order valence-electron chi connectivity index (χ3n) is 5.08. The lowest BCUT2D eigenvalue weighted by Crippen LogP contribution is -3.18. The van der Waals surface area contributed by atoms with E-state index in [0.29, 0.717) is 23.2 Å². The summed E-state index contributed by atoms with van der Waals surface area (Å²) >= 11 is 1.35. The van der Waals surface area contributed by atoms with E-state index >= 15 is 0 Å². The van der Waals surface area contributed by atoms with Crippen LogP contribution in [0.25, 0.3) is 0 Å². The molecule has 0 aromatic carbocycles. The second-order valence-corrected chi connectivity index (χ2v) is 7.37. The Labute approximate surface area is 134 Å². The molecular weight excluding hydrogens is 298 g/mol. The summed E-state index contributed by atoms with van der Waals surface area (Å²) in [5.41, 5.74) is 5.72. The second-order valence-electron chi connectivity index (χ2n) is 6.45. The van der Waals surface area contributed by atoms with Gasteiger partial charge in [0, 0.05) is 5.92 Å². The number of likely N-dealkylation sites (tertiary alicyclic amines) is 1. The maximum absolute atomic E-state index is 12.4. The number of rotatable bonds is 4. The first-order valence-electron chi connectivity index (χ1n) is 8.17. The van der Waals surface area contributed by atoms with Gasteiger partial charge in [-0.15, -0.1) is 11.3 Å². The van der Waals surface area contributed by atoms with Crippen LogP contribution in [0.15, 0.2) is 11.4 Å². The van der Waals surface area contributed by atoms with Crippen molar-refractivity contribution in [2.24, 2.45) is 11.7 Å². The third-order valence-corrected chi connectivity index (χ3v) is 5.91. The zero-order valence-electron chi connectivity index (χ0n) is 12.8. The minimum absolute atomic E-state index is 0.00817. The van der Waals surface area contributed by atoms with Crippen molar-refractivity contribution in [3.8, 4) is 0 Å². The van der Waals surface area contributed by atoms with Gasteiger partial charge in [0.2, 0.25) is 0 Å². The normalized spacial score (nSPS) is 27.9. The van der Waals surface area contributed by atoms with Crippen molar-refractivity contribution < 1.29 is 14.5 Å². The van der Waals surface area contributed by atoms with Crippen molar-refractivity contribution in [1.29, 1.82) is 0 Å². The molecule has 0 bridgehead atoms. The van der Waals surface area contributed by atoms with Crippen LogP contribution in [0.4, 0.5) is 5.00 Å². The first-order chi connectivity index (χ1) is 10.6. The van der Waals surface area contributed by atoms with Crippen LogP contribution in [0, 0.1) is 5.92 Å². The minimum atomic E-state index is -0.491. The van der Waals surface area contributed by atoms with Gasteiger partial charge in [0.25, 0.3) is 11.8 Å². The summed E-state index contributed by atoms with van der Waals surface area (Å²) < 4.78 is 0. The highest BCUT2D eigenvalue weighted by atomic mass is 32.1. The van der Waals surface area contributed by atoms with Gasteiger partial charge in [-0.1, -0.05) is 6.42 Å². The fourth-order valence-corrected chi connectivity index (χ4v) is 4.87. The lowest BCUT2D eigenvalue weighted by Gasteiger charge is -2.40. The SMILES string of the molecule is NC(=O)c1ccsc1NC(=O)C[NH+]1CCC[C@H]2CCCC[C@@H]21. The number of carbonyl (C=O) groups excluding carboxylic acids is 2. The molecule has 22 heavy (non-hydrogen) atoms. The summed E-state index contributed by atoms with van der Waals surface area (Å²) in [6, 6.07) is 2.31. The van der Waals surface area contributed by atoms with E-state index < -0.39 is 5.91 Å². The van der Waals surface area contributed by atoms with Crippen LogP contribution in [0.1, 0.15) is 48.9 Å². The second kappa shape index (κ2) is 6.79. The van der Waals surface area contributed by atoms with E-state index in [1.165, 1.54) is 54.8 Å². The monoisotopic (exact) mass is 322 g/mol. The number of amides is 2. The molecule has 1 aromatic rings. The van der Waals surface area contributed by atoms with Gasteiger partial charge in [-0.2, -0.15) is 0 Å². The molecule has 3 atom stereocenters. The van der Waals surface area contributed by atoms with Gasteiger partial charge in [-0.25, -0.2) is 0 Å². The van der Waals surface area contributed by atoms with Crippen molar-refractivity contribution >= 4 is 28.2 Å². The van der Waals surface area contributed by atoms with E-state index in [0.717, 1.165) is 12.5 Å². The quantitative estimate of drug-likeness (QED) is 0.774. The van der Waals surface area contributed by atoms with Crippen molar-refractivity contribution in [2.45, 2.75) is 44.6 Å². The Balaban J connectivity index is 1.61. The van der Waals surface area contributed by atoms with Crippen molar-refractivity contribution in [1.82, 2.24) is 0 Å². The summed E-state index contributed by atoms with van der Waals surface area (Å²) in [7, 11) is 0. The van der Waals surface area contributed by atoms with Gasteiger partial charge >= 0.3 is 0 Å². The number of hydrogen-bond acceptors (Lipinski definition) is 3. The molecule has 1 saturated heterocycles. The number of thiophene rings is 1. The largest absolute Gasteiger partial charge is 0.366 e. The van der Waals surface area contributed by atoms with Gasteiger partial charge in [-0.3, -0.25) is 9.59 Å². The number of primary amides is 1. The zero-order chi connectivity index (χ0) is 15.5. The molecule has 1 saturated carbocycles. The van der Waals surface area contributed by atoms with Crippen molar-refractivity contribution in [3.63, 3.8) is 0 Å². The van der Waals surface area contributed by atoms with Crippen LogP contribution < -0.4 is 16.0 Å². The highest BCUT2D eigenvalue weighted by molar-refractivity contribution is 7.14. The number of anilines is 1. The molecule has 2 fully saturated rings. The van der Waals surface area contributed by atoms with Gasteiger partial charge in [0.15, 0.2) is 6.54 Å². The van der Waals surface area contributed by atoms with Crippen molar-refractivity contribution in [2.75, 3.05) is 18.4 Å². The number of carbonyl (C=O) groups is 2. The molecule has 2 amide bonds. The summed E-state index contributed by atoms with van der Waals surface area (Å²) in [6.45, 7) is 1.58. The standard InChI is InChI=1S/C16H23N3O2S/c17-15(21)12-7-9-22-16(12)18-14(20)10-19-8-3-5-11-4-1-2-6-13(11)19/h7,9,11,13H,1-6,8,10H2,(H2,17,21)(H,18,20)/p+1/t11-,13+/m1/s1. The Morgan fingerprint density at radius 3 is 2.86 bits per heavy atom. The summed E-state index contributed by atoms with van der Waals surface area (Å²) in [5, 5.41) is 5.23. The van der Waals surface area contributed by atoms with E-state index in [9.17, 15) is 9.59 Å². The Kier molecular flexibility index (Phi) is 4.78. The molecule has 2 heterocycles. The molecular formula is C16H24N3O2S+. The predicted molar refractivity (Wildman–Crippen MR) is 87.1 cm³/mol. The number of nitrogens with one attached hydrogen (secondary N) is 2. The average molecular weight is 322 g/mol. The molecule has 6 heteroatoms. The maximum atomic E-state index is 12.4. The molecule has 1 aromatic heterocycles. The third kappa shape index (κ3) is 3.33. The molecule has 1 unspecified atom stereocenters. The Morgan fingerprint density at radius 1 is 1.27 bits per heavy atom. The minimum Gasteiger partial charge on any atom is -0.366 e. The first kappa shape index (κ1) is 15.5. The molecule has 1 aliphatic heterocycles. The molecule has 0 radical (unpaired) electrons. The Morgan fingerprint density at radius 2 is 2.05 bits per heavy atom. The summed E-state index contributed by atoms with van der Waals surface area (Å²) in [4.78, 5) is 25.1. The molecule has 5 nitrogen and oxygen atoms in total. The number of fused-ring (bicyclic) bond motifs is 1. The summed E-state index contributed by atoms with van der Waals surface area (Å²) in [6.07, 6.45) is 7.76.